The van der Waals surface area contributed by atoms with Crippen molar-refractivity contribution in [3.8, 4) is 0 Å². The van der Waals surface area contributed by atoms with Crippen LogP contribution in [0.4, 0.5) is 0 Å². The van der Waals surface area contributed by atoms with Crippen molar-refractivity contribution >= 4 is 15.7 Å². The van der Waals surface area contributed by atoms with E-state index in [0.29, 0.717) is 11.6 Å². The standard InChI is InChI=1S/C22H26N2O3S/c25-22(23-19-11-6-14-24-15-7-12-20(19)24)18-10-4-5-13-21(18)28(26,27)16-17-8-2-1-3-9-17/h1-5,8-10,13,19-20H,6-7,11-12,14-16H2,(H,23,25). The maximum atomic E-state index is 13.0. The average Bonchev–Trinajstić information content (AvgIpc) is 3.18. The fourth-order valence-corrected chi connectivity index (χ4v) is 6.07. The van der Waals surface area contributed by atoms with Crippen LogP contribution < -0.4 is 5.32 Å². The Morgan fingerprint density at radius 1 is 0.964 bits per heavy atom. The molecule has 2 aliphatic rings. The molecule has 0 spiro atoms. The van der Waals surface area contributed by atoms with Gasteiger partial charge in [-0.15, -0.1) is 0 Å². The molecule has 2 saturated heterocycles. The second-order valence-corrected chi connectivity index (χ2v) is 9.67. The highest BCUT2D eigenvalue weighted by atomic mass is 32.2. The van der Waals surface area contributed by atoms with Gasteiger partial charge in [0.2, 0.25) is 0 Å². The molecule has 2 heterocycles. The van der Waals surface area contributed by atoms with Crippen LogP contribution in [0.15, 0.2) is 59.5 Å². The molecule has 2 atom stereocenters. The highest BCUT2D eigenvalue weighted by Crippen LogP contribution is 2.28. The van der Waals surface area contributed by atoms with E-state index < -0.39 is 9.84 Å². The predicted molar refractivity (Wildman–Crippen MR) is 109 cm³/mol. The second-order valence-electron chi connectivity index (χ2n) is 7.71. The number of sulfone groups is 1. The van der Waals surface area contributed by atoms with Gasteiger partial charge in [-0.3, -0.25) is 9.69 Å². The second kappa shape index (κ2) is 8.05. The number of benzene rings is 2. The first kappa shape index (κ1) is 19.2. The lowest BCUT2D eigenvalue weighted by atomic mass is 9.96. The van der Waals surface area contributed by atoms with Crippen LogP contribution in [0.2, 0.25) is 0 Å². The van der Waals surface area contributed by atoms with E-state index in [4.69, 9.17) is 0 Å². The van der Waals surface area contributed by atoms with E-state index in [1.54, 1.807) is 30.3 Å². The minimum absolute atomic E-state index is 0.0913. The third-order valence-electron chi connectivity index (χ3n) is 5.82. The van der Waals surface area contributed by atoms with Gasteiger partial charge in [0.05, 0.1) is 16.2 Å². The minimum Gasteiger partial charge on any atom is -0.348 e. The molecule has 6 heteroatoms. The van der Waals surface area contributed by atoms with Crippen LogP contribution in [0.25, 0.3) is 0 Å². The topological polar surface area (TPSA) is 66.5 Å². The smallest absolute Gasteiger partial charge is 0.252 e. The van der Waals surface area contributed by atoms with Gasteiger partial charge in [0, 0.05) is 12.1 Å². The maximum absolute atomic E-state index is 13.0. The fraction of sp³-hybridized carbons (Fsp3) is 0.409. The third-order valence-corrected chi connectivity index (χ3v) is 7.56. The number of rotatable bonds is 5. The van der Waals surface area contributed by atoms with Crippen molar-refractivity contribution < 1.29 is 13.2 Å². The highest BCUT2D eigenvalue weighted by Gasteiger charge is 2.36. The van der Waals surface area contributed by atoms with Gasteiger partial charge < -0.3 is 5.32 Å². The number of carbonyl (C=O) groups excluding carboxylic acids is 1. The van der Waals surface area contributed by atoms with Gasteiger partial charge in [-0.2, -0.15) is 0 Å². The molecule has 28 heavy (non-hydrogen) atoms. The van der Waals surface area contributed by atoms with Gasteiger partial charge in [0.15, 0.2) is 9.84 Å². The van der Waals surface area contributed by atoms with Gasteiger partial charge in [0.1, 0.15) is 0 Å². The van der Waals surface area contributed by atoms with E-state index in [1.165, 1.54) is 12.5 Å². The van der Waals surface area contributed by atoms with Crippen molar-refractivity contribution in [3.63, 3.8) is 0 Å². The average molecular weight is 399 g/mol. The molecule has 0 aromatic heterocycles. The highest BCUT2D eigenvalue weighted by molar-refractivity contribution is 7.90. The molecule has 0 radical (unpaired) electrons. The first-order chi connectivity index (χ1) is 13.5. The van der Waals surface area contributed by atoms with Crippen LogP contribution in [0.3, 0.4) is 0 Å². The Hall–Kier alpha value is -2.18. The monoisotopic (exact) mass is 398 g/mol. The Morgan fingerprint density at radius 3 is 2.43 bits per heavy atom. The Bertz CT molecular complexity index is 943. The fourth-order valence-electron chi connectivity index (χ4n) is 4.50. The maximum Gasteiger partial charge on any atom is 0.252 e. The van der Waals surface area contributed by atoms with E-state index in [-0.39, 0.29) is 28.2 Å². The molecule has 2 aromatic rings. The number of nitrogens with zero attached hydrogens (tertiary/aromatic N) is 1. The minimum atomic E-state index is -3.62. The SMILES string of the molecule is O=C(NC1CCCN2CCCC12)c1ccccc1S(=O)(=O)Cc1ccccc1. The summed E-state index contributed by atoms with van der Waals surface area (Å²) < 4.78 is 26.0. The van der Waals surface area contributed by atoms with E-state index in [9.17, 15) is 13.2 Å². The van der Waals surface area contributed by atoms with Gasteiger partial charge in [-0.25, -0.2) is 8.42 Å². The predicted octanol–water partition coefficient (Wildman–Crippen LogP) is 3.02. The van der Waals surface area contributed by atoms with Crippen molar-refractivity contribution in [2.24, 2.45) is 0 Å². The van der Waals surface area contributed by atoms with E-state index in [1.807, 2.05) is 18.2 Å². The summed E-state index contributed by atoms with van der Waals surface area (Å²) in [6, 6.07) is 16.1. The summed E-state index contributed by atoms with van der Waals surface area (Å²) in [7, 11) is -3.62. The number of hydrogen-bond acceptors (Lipinski definition) is 4. The molecule has 2 fully saturated rings. The number of nitrogens with one attached hydrogen (secondary N) is 1. The number of hydrogen-bond donors (Lipinski definition) is 1. The summed E-state index contributed by atoms with van der Waals surface area (Å²) >= 11 is 0. The van der Waals surface area contributed by atoms with Crippen molar-refractivity contribution in [1.29, 1.82) is 0 Å². The Morgan fingerprint density at radius 2 is 1.64 bits per heavy atom. The summed E-state index contributed by atoms with van der Waals surface area (Å²) in [6.07, 6.45) is 4.28. The molecule has 1 N–H and O–H groups in total. The van der Waals surface area contributed by atoms with Crippen LogP contribution in [0, 0.1) is 0 Å². The lowest BCUT2D eigenvalue weighted by molar-refractivity contribution is 0.0865. The van der Waals surface area contributed by atoms with E-state index >= 15 is 0 Å². The Labute approximate surface area is 166 Å². The van der Waals surface area contributed by atoms with Crippen molar-refractivity contribution in [2.45, 2.75) is 48.4 Å². The van der Waals surface area contributed by atoms with E-state index in [2.05, 4.69) is 10.2 Å². The molecule has 5 nitrogen and oxygen atoms in total. The first-order valence-corrected chi connectivity index (χ1v) is 11.6. The summed E-state index contributed by atoms with van der Waals surface area (Å²) in [4.78, 5) is 15.6. The molecule has 0 aliphatic carbocycles. The molecule has 2 unspecified atom stereocenters. The lowest BCUT2D eigenvalue weighted by Crippen LogP contribution is -2.52. The Balaban J connectivity index is 1.56. The summed E-state index contributed by atoms with van der Waals surface area (Å²) in [5.41, 5.74) is 0.958. The first-order valence-electron chi connectivity index (χ1n) is 9.95. The van der Waals surface area contributed by atoms with Crippen molar-refractivity contribution in [3.05, 3.63) is 65.7 Å². The summed E-state index contributed by atoms with van der Waals surface area (Å²) in [5.74, 6) is -0.399. The van der Waals surface area contributed by atoms with Crippen LogP contribution >= 0.6 is 0 Å². The van der Waals surface area contributed by atoms with Crippen LogP contribution in [0.5, 0.6) is 0 Å². The summed E-state index contributed by atoms with van der Waals surface area (Å²) in [5, 5.41) is 3.14. The lowest BCUT2D eigenvalue weighted by Gasteiger charge is -2.37. The molecule has 148 valence electrons. The van der Waals surface area contributed by atoms with Crippen LogP contribution in [-0.2, 0) is 15.6 Å². The molecule has 2 aliphatic heterocycles. The largest absolute Gasteiger partial charge is 0.348 e. The molecular formula is C22H26N2O3S. The van der Waals surface area contributed by atoms with E-state index in [0.717, 1.165) is 32.4 Å². The zero-order valence-electron chi connectivity index (χ0n) is 15.9. The number of fused-ring (bicyclic) bond motifs is 1. The van der Waals surface area contributed by atoms with Gasteiger partial charge in [-0.05, 0) is 56.5 Å². The van der Waals surface area contributed by atoms with Gasteiger partial charge >= 0.3 is 0 Å². The molecular weight excluding hydrogens is 372 g/mol. The number of carbonyl (C=O) groups is 1. The summed E-state index contributed by atoms with van der Waals surface area (Å²) in [6.45, 7) is 2.19. The van der Waals surface area contributed by atoms with Crippen LogP contribution in [0.1, 0.15) is 41.6 Å². The zero-order chi connectivity index (χ0) is 19.6. The molecule has 4 rings (SSSR count). The molecule has 0 bridgehead atoms. The quantitative estimate of drug-likeness (QED) is 0.841. The molecule has 2 aromatic carbocycles. The van der Waals surface area contributed by atoms with Crippen molar-refractivity contribution in [2.75, 3.05) is 13.1 Å². The Kier molecular flexibility index (Phi) is 5.51. The molecule has 0 saturated carbocycles. The molecule has 1 amide bonds. The normalized spacial score (nSPS) is 22.6. The zero-order valence-corrected chi connectivity index (χ0v) is 16.7. The van der Waals surface area contributed by atoms with Crippen LogP contribution in [-0.4, -0.2) is 44.4 Å². The number of amides is 1. The third kappa shape index (κ3) is 3.98. The number of piperidine rings is 1. The van der Waals surface area contributed by atoms with Gasteiger partial charge in [-0.1, -0.05) is 42.5 Å². The van der Waals surface area contributed by atoms with Gasteiger partial charge in [0.25, 0.3) is 5.91 Å². The van der Waals surface area contributed by atoms with Crippen molar-refractivity contribution in [1.82, 2.24) is 10.2 Å².